The average molecular weight is 924 g/mol. The molecule has 60 heavy (non-hydrogen) atoms. The highest BCUT2D eigenvalue weighted by atomic mass is 32.2. The van der Waals surface area contributed by atoms with E-state index in [9.17, 15) is 53.1 Å². The fraction of sp³-hybridized carbons (Fsp3) is 0.484. The van der Waals surface area contributed by atoms with Crippen molar-refractivity contribution in [1.29, 1.82) is 0 Å². The van der Waals surface area contributed by atoms with Crippen molar-refractivity contribution in [2.45, 2.75) is 57.8 Å². The van der Waals surface area contributed by atoms with Crippen molar-refractivity contribution in [3.63, 3.8) is 0 Å². The maximum atomic E-state index is 12.7. The largest absolute Gasteiger partial charge is 0.481 e. The number of nitrogens with two attached hydrogens (primary N) is 1. The Morgan fingerprint density at radius 1 is 1.02 bits per heavy atom. The quantitative estimate of drug-likeness (QED) is 0.0412. The molecule has 5 rings (SSSR count). The molecular weight excluding hydrogens is 879 g/mol. The van der Waals surface area contributed by atoms with Crippen LogP contribution in [0.4, 0.5) is 5.82 Å². The van der Waals surface area contributed by atoms with Crippen LogP contribution in [0.1, 0.15) is 32.1 Å². The molecule has 0 bridgehead atoms. The fourth-order valence-corrected chi connectivity index (χ4v) is 9.22. The third-order valence-corrected chi connectivity index (χ3v) is 12.7. The average Bonchev–Trinajstić information content (AvgIpc) is 3.89. The van der Waals surface area contributed by atoms with E-state index >= 15 is 0 Å². The topological polar surface area (TPSA) is 364 Å². The number of phosphoric ester groups is 3. The minimum atomic E-state index is -5.57. The number of aryl methyl sites for hydroxylation is 1. The number of carbonyl (C=O) groups excluding carboxylic acids is 2. The monoisotopic (exact) mass is 923 g/mol. The summed E-state index contributed by atoms with van der Waals surface area (Å²) >= 11 is 1.44. The van der Waals surface area contributed by atoms with Gasteiger partial charge in [0.1, 0.15) is 42.6 Å². The summed E-state index contributed by atoms with van der Waals surface area (Å²) in [5.74, 6) is -0.853. The number of carbonyl (C=O) groups is 2. The van der Waals surface area contributed by atoms with Crippen LogP contribution >= 0.6 is 35.4 Å². The highest BCUT2D eigenvalue weighted by Crippen LogP contribution is 2.61. The molecular formula is C31H44N9O16P3S. The Morgan fingerprint density at radius 2 is 1.72 bits per heavy atom. The molecule has 0 aliphatic carbocycles. The minimum absolute atomic E-state index is 0.0343. The second-order valence-electron chi connectivity index (χ2n) is 13.9. The molecule has 1 fully saturated rings. The highest BCUT2D eigenvalue weighted by Gasteiger charge is 2.50. The van der Waals surface area contributed by atoms with Crippen LogP contribution in [0, 0.1) is 12.3 Å². The first-order valence-corrected chi connectivity index (χ1v) is 23.1. The molecule has 1 saturated heterocycles. The Bertz CT molecular complexity index is 2280. The van der Waals surface area contributed by atoms with Gasteiger partial charge in [0.2, 0.25) is 11.8 Å². The van der Waals surface area contributed by atoms with E-state index in [0.29, 0.717) is 12.3 Å². The van der Waals surface area contributed by atoms with Crippen LogP contribution < -0.4 is 16.4 Å². The second-order valence-corrected chi connectivity index (χ2v) is 19.2. The van der Waals surface area contributed by atoms with Gasteiger partial charge in [-0.15, -0.1) is 0 Å². The lowest BCUT2D eigenvalue weighted by Crippen LogP contribution is -2.46. The second kappa shape index (κ2) is 19.6. The van der Waals surface area contributed by atoms with Crippen molar-refractivity contribution in [3.8, 4) is 11.3 Å². The number of ether oxygens (including phenoxy) is 1. The summed E-state index contributed by atoms with van der Waals surface area (Å²) in [6, 6.07) is 7.97. The van der Waals surface area contributed by atoms with E-state index in [-0.39, 0.29) is 35.9 Å². The molecule has 1 aliphatic heterocycles. The normalized spacial score (nSPS) is 21.0. The van der Waals surface area contributed by atoms with Gasteiger partial charge in [-0.2, -0.15) is 4.31 Å². The zero-order valence-corrected chi connectivity index (χ0v) is 35.5. The summed E-state index contributed by atoms with van der Waals surface area (Å²) in [6.45, 7) is 2.68. The Morgan fingerprint density at radius 3 is 2.42 bits per heavy atom. The lowest BCUT2D eigenvalue weighted by Gasteiger charge is -2.30. The maximum Gasteiger partial charge on any atom is 0.481 e. The van der Waals surface area contributed by atoms with Gasteiger partial charge in [-0.25, -0.2) is 33.6 Å². The number of phosphoric acid groups is 3. The maximum absolute atomic E-state index is 12.7. The third-order valence-electron chi connectivity index (χ3n) is 8.69. The summed E-state index contributed by atoms with van der Waals surface area (Å²) in [4.78, 5) is 80.3. The molecule has 10 N–H and O–H groups in total. The molecule has 0 spiro atoms. The molecule has 7 atom stereocenters. The molecule has 0 radical (unpaired) electrons. The number of amides is 2. The van der Waals surface area contributed by atoms with Crippen molar-refractivity contribution >= 4 is 64.2 Å². The predicted octanol–water partition coefficient (Wildman–Crippen LogP) is 0.773. The van der Waals surface area contributed by atoms with Crippen LogP contribution in [0.15, 0.2) is 49.4 Å². The summed E-state index contributed by atoms with van der Waals surface area (Å²) < 4.78 is 64.3. The smallest absolute Gasteiger partial charge is 0.386 e. The first-order chi connectivity index (χ1) is 28.1. The summed E-state index contributed by atoms with van der Waals surface area (Å²) in [5, 5.41) is 26.7. The molecule has 4 heterocycles. The number of imidazole rings is 2. The van der Waals surface area contributed by atoms with Crippen molar-refractivity contribution in [3.05, 3.63) is 55.0 Å². The summed E-state index contributed by atoms with van der Waals surface area (Å²) in [5.41, 5.74) is 7.31. The first-order valence-electron chi connectivity index (χ1n) is 17.7. The summed E-state index contributed by atoms with van der Waals surface area (Å²) in [6.07, 6.45) is -3.43. The number of benzene rings is 1. The number of nitrogen functional groups attached to an aromatic ring is 1. The van der Waals surface area contributed by atoms with E-state index in [1.54, 1.807) is 12.5 Å². The molecule has 3 aromatic heterocycles. The van der Waals surface area contributed by atoms with Gasteiger partial charge in [0.05, 0.1) is 31.4 Å². The number of fused-ring (bicyclic) bond motifs is 1. The number of anilines is 1. The van der Waals surface area contributed by atoms with Crippen LogP contribution in [-0.2, 0) is 45.9 Å². The van der Waals surface area contributed by atoms with Crippen molar-refractivity contribution in [1.82, 2.24) is 39.1 Å². The van der Waals surface area contributed by atoms with Crippen molar-refractivity contribution in [2.75, 3.05) is 37.8 Å². The van der Waals surface area contributed by atoms with Gasteiger partial charge in [0.25, 0.3) is 0 Å². The highest BCUT2D eigenvalue weighted by molar-refractivity contribution is 7.97. The van der Waals surface area contributed by atoms with E-state index in [1.807, 2.05) is 35.2 Å². The van der Waals surface area contributed by atoms with Gasteiger partial charge in [0, 0.05) is 36.2 Å². The SMILES string of the molecule is Cc1ccc(-c2cncn2SCCNC(=O)CCNC(=O)C(O)C(C)(C)COP(=O)(O)OP(=O)(O)OC[C@H]2O[C@@H](n3cnc4c(N)ncnc43)[C@H](O)[C@@H]2OP(=O)(O)O)cc1. The number of aromatic nitrogens is 6. The number of nitrogens with zero attached hydrogens (tertiary/aromatic N) is 6. The van der Waals surface area contributed by atoms with Gasteiger partial charge >= 0.3 is 23.5 Å². The molecule has 0 saturated carbocycles. The van der Waals surface area contributed by atoms with E-state index in [2.05, 4.69) is 39.4 Å². The van der Waals surface area contributed by atoms with Crippen molar-refractivity contribution < 1.29 is 75.7 Å². The van der Waals surface area contributed by atoms with E-state index < -0.39 is 78.6 Å². The molecule has 330 valence electrons. The molecule has 1 aliphatic rings. The first kappa shape index (κ1) is 47.4. The third kappa shape index (κ3) is 12.7. The number of hydrogen-bond acceptors (Lipinski definition) is 18. The number of aliphatic hydroxyl groups excluding tert-OH is 2. The van der Waals surface area contributed by atoms with Crippen molar-refractivity contribution in [2.24, 2.45) is 5.41 Å². The lowest BCUT2D eigenvalue weighted by atomic mass is 9.87. The molecule has 29 heteroatoms. The van der Waals surface area contributed by atoms with Crippen LogP contribution in [0.2, 0.25) is 0 Å². The molecule has 3 unspecified atom stereocenters. The van der Waals surface area contributed by atoms with E-state index in [1.165, 1.54) is 25.8 Å². The van der Waals surface area contributed by atoms with Crippen LogP contribution in [0.25, 0.3) is 22.4 Å². The van der Waals surface area contributed by atoms with E-state index in [0.717, 1.165) is 34.0 Å². The fourth-order valence-electron chi connectivity index (χ4n) is 5.59. The number of nitrogens with one attached hydrogen (secondary N) is 2. The zero-order valence-electron chi connectivity index (χ0n) is 32.0. The number of hydrogen-bond donors (Lipinski definition) is 9. The summed E-state index contributed by atoms with van der Waals surface area (Å²) in [7, 11) is -16.4. The van der Waals surface area contributed by atoms with Gasteiger partial charge in [-0.3, -0.25) is 31.7 Å². The predicted molar refractivity (Wildman–Crippen MR) is 210 cm³/mol. The van der Waals surface area contributed by atoms with Crippen LogP contribution in [-0.4, -0.2) is 127 Å². The van der Waals surface area contributed by atoms with Gasteiger partial charge in [0.15, 0.2) is 17.7 Å². The minimum Gasteiger partial charge on any atom is -0.386 e. The standard InChI is InChI=1S/C31H44N9O16P3S/c1-18-4-6-19(7-5-18)20-12-33-16-40(20)60-11-10-34-22(41)8-9-35-29(44)26(43)31(2,3)14-53-59(50,51)56-58(48,49)52-13-21-25(55-57(45,46)47)24(42)30(54-21)39-17-38-23-27(32)36-15-37-28(23)39/h4-7,12,15-17,21,24-26,30,42-43H,8-11,13-14H2,1-3H3,(H,34,41)(H,35,44)(H,48,49)(H,50,51)(H2,32,36,37)(H2,45,46,47)/t21-,24-,25-,26?,30-/m1/s1. The van der Waals surface area contributed by atoms with Gasteiger partial charge in [-0.05, 0) is 18.9 Å². The molecule has 1 aromatic carbocycles. The Balaban J connectivity index is 1.05. The van der Waals surface area contributed by atoms with Gasteiger partial charge < -0.3 is 50.9 Å². The molecule has 4 aromatic rings. The lowest BCUT2D eigenvalue weighted by molar-refractivity contribution is -0.137. The van der Waals surface area contributed by atoms with Crippen LogP contribution in [0.3, 0.4) is 0 Å². The Hall–Kier alpha value is -3.68. The van der Waals surface area contributed by atoms with E-state index in [4.69, 9.17) is 19.5 Å². The molecule has 2 amide bonds. The Kier molecular flexibility index (Phi) is 15.5. The number of rotatable bonds is 21. The number of aliphatic hydroxyl groups is 2. The van der Waals surface area contributed by atoms with Gasteiger partial charge in [-0.1, -0.05) is 43.7 Å². The zero-order chi connectivity index (χ0) is 44.0. The Labute approximate surface area is 345 Å². The molecule has 25 nitrogen and oxygen atoms in total. The van der Waals surface area contributed by atoms with Crippen LogP contribution in [0.5, 0.6) is 0 Å².